The van der Waals surface area contributed by atoms with Gasteiger partial charge >= 0.3 is 0 Å². The van der Waals surface area contributed by atoms with Gasteiger partial charge in [0.15, 0.2) is 0 Å². The summed E-state index contributed by atoms with van der Waals surface area (Å²) in [7, 11) is 0. The van der Waals surface area contributed by atoms with Crippen molar-refractivity contribution in [1.29, 1.82) is 0 Å². The lowest BCUT2D eigenvalue weighted by molar-refractivity contribution is 0.0816. The largest absolute Gasteiger partial charge is 0.391 e. The Morgan fingerprint density at radius 1 is 1.50 bits per heavy atom. The van der Waals surface area contributed by atoms with Gasteiger partial charge < -0.3 is 10.4 Å². The van der Waals surface area contributed by atoms with Crippen molar-refractivity contribution in [2.24, 2.45) is 5.92 Å². The molecule has 0 aromatic carbocycles. The number of carbonyl (C=O) groups is 1. The molecule has 0 spiro atoms. The van der Waals surface area contributed by atoms with Crippen molar-refractivity contribution in [1.82, 2.24) is 10.3 Å². The maximum Gasteiger partial charge on any atom is 0.254 e. The molecule has 1 aromatic heterocycles. The monoisotopic (exact) mass is 314 g/mol. The summed E-state index contributed by atoms with van der Waals surface area (Å²) in [6.45, 7) is 4.35. The third-order valence-electron chi connectivity index (χ3n) is 3.07. The summed E-state index contributed by atoms with van der Waals surface area (Å²) >= 11 is 3.23. The van der Waals surface area contributed by atoms with E-state index >= 15 is 0 Å². The molecule has 1 unspecified atom stereocenters. The van der Waals surface area contributed by atoms with Crippen molar-refractivity contribution >= 4 is 21.8 Å². The fourth-order valence-electron chi connectivity index (χ4n) is 1.85. The third kappa shape index (κ3) is 4.07. The minimum absolute atomic E-state index is 0.222. The van der Waals surface area contributed by atoms with Crippen molar-refractivity contribution in [2.75, 3.05) is 6.54 Å². The second-order valence-corrected chi connectivity index (χ2v) is 4.95. The second kappa shape index (κ2) is 7.48. The van der Waals surface area contributed by atoms with Crippen LogP contribution in [0.15, 0.2) is 22.9 Å². The molecule has 1 rings (SSSR count). The molecule has 0 saturated heterocycles. The van der Waals surface area contributed by atoms with Crippen LogP contribution >= 0.6 is 15.9 Å². The topological polar surface area (TPSA) is 62.2 Å². The Morgan fingerprint density at radius 3 is 2.72 bits per heavy atom. The Bertz CT molecular complexity index is 394. The van der Waals surface area contributed by atoms with Gasteiger partial charge in [-0.2, -0.15) is 0 Å². The molecule has 100 valence electrons. The van der Waals surface area contributed by atoms with Crippen LogP contribution in [-0.4, -0.2) is 28.6 Å². The van der Waals surface area contributed by atoms with E-state index in [4.69, 9.17) is 0 Å². The highest BCUT2D eigenvalue weighted by molar-refractivity contribution is 9.10. The van der Waals surface area contributed by atoms with Gasteiger partial charge in [-0.05, 0) is 34.0 Å². The summed E-state index contributed by atoms with van der Waals surface area (Å²) in [6.07, 6.45) is 2.92. The van der Waals surface area contributed by atoms with Gasteiger partial charge in [-0.25, -0.2) is 4.98 Å². The van der Waals surface area contributed by atoms with Gasteiger partial charge in [0.25, 0.3) is 5.91 Å². The fourth-order valence-corrected chi connectivity index (χ4v) is 2.28. The number of aromatic nitrogens is 1. The lowest BCUT2D eigenvalue weighted by Crippen LogP contribution is -2.36. The Kier molecular flexibility index (Phi) is 6.29. The van der Waals surface area contributed by atoms with Gasteiger partial charge in [0, 0.05) is 12.7 Å². The number of hydrogen-bond acceptors (Lipinski definition) is 3. The van der Waals surface area contributed by atoms with Crippen molar-refractivity contribution in [3.63, 3.8) is 0 Å². The molecule has 1 aromatic rings. The number of hydrogen-bond donors (Lipinski definition) is 2. The molecule has 4 nitrogen and oxygen atoms in total. The Hall–Kier alpha value is -0.940. The lowest BCUT2D eigenvalue weighted by atomic mass is 9.96. The summed E-state index contributed by atoms with van der Waals surface area (Å²) in [5.74, 6) is 0.00243. The lowest BCUT2D eigenvalue weighted by Gasteiger charge is -2.20. The molecule has 0 saturated carbocycles. The normalized spacial score (nSPS) is 12.5. The second-order valence-electron chi connectivity index (χ2n) is 4.20. The number of amides is 1. The first-order chi connectivity index (χ1) is 8.60. The highest BCUT2D eigenvalue weighted by Gasteiger charge is 2.17. The van der Waals surface area contributed by atoms with E-state index in [0.29, 0.717) is 10.2 Å². The van der Waals surface area contributed by atoms with E-state index in [1.165, 1.54) is 0 Å². The summed E-state index contributed by atoms with van der Waals surface area (Å²) in [4.78, 5) is 15.9. The SMILES string of the molecule is CCC(CC)C(O)CNC(=O)c1cccnc1Br. The van der Waals surface area contributed by atoms with E-state index in [2.05, 4.69) is 26.2 Å². The molecule has 5 heteroatoms. The van der Waals surface area contributed by atoms with Crippen LogP contribution in [0.25, 0.3) is 0 Å². The predicted molar refractivity (Wildman–Crippen MR) is 74.3 cm³/mol. The van der Waals surface area contributed by atoms with Gasteiger partial charge in [0.05, 0.1) is 11.7 Å². The average Bonchev–Trinajstić information content (AvgIpc) is 2.38. The van der Waals surface area contributed by atoms with Crippen molar-refractivity contribution < 1.29 is 9.90 Å². The Balaban J connectivity index is 2.54. The van der Waals surface area contributed by atoms with Gasteiger partial charge in [0.2, 0.25) is 0 Å². The zero-order valence-electron chi connectivity index (χ0n) is 10.7. The minimum atomic E-state index is -0.501. The third-order valence-corrected chi connectivity index (χ3v) is 3.70. The maximum absolute atomic E-state index is 11.9. The molecule has 0 radical (unpaired) electrons. The van der Waals surface area contributed by atoms with Crippen molar-refractivity contribution in [3.05, 3.63) is 28.5 Å². The van der Waals surface area contributed by atoms with E-state index in [-0.39, 0.29) is 18.4 Å². The molecule has 1 heterocycles. The standard InChI is InChI=1S/C13H19BrN2O2/c1-3-9(4-2)11(17)8-16-13(18)10-6-5-7-15-12(10)14/h5-7,9,11,17H,3-4,8H2,1-2H3,(H,16,18). The molecule has 0 aliphatic carbocycles. The molecule has 18 heavy (non-hydrogen) atoms. The quantitative estimate of drug-likeness (QED) is 0.792. The van der Waals surface area contributed by atoms with Crippen LogP contribution in [0.1, 0.15) is 37.0 Å². The van der Waals surface area contributed by atoms with Gasteiger partial charge in [-0.15, -0.1) is 0 Å². The van der Waals surface area contributed by atoms with E-state index in [1.807, 2.05) is 13.8 Å². The highest BCUT2D eigenvalue weighted by atomic mass is 79.9. The zero-order chi connectivity index (χ0) is 13.5. The highest BCUT2D eigenvalue weighted by Crippen LogP contribution is 2.14. The number of rotatable bonds is 6. The molecule has 1 atom stereocenters. The van der Waals surface area contributed by atoms with E-state index in [0.717, 1.165) is 12.8 Å². The van der Waals surface area contributed by atoms with E-state index < -0.39 is 6.10 Å². The Labute approximate surface area is 116 Å². The maximum atomic E-state index is 11.9. The van der Waals surface area contributed by atoms with Crippen LogP contribution < -0.4 is 5.32 Å². The van der Waals surface area contributed by atoms with Crippen LogP contribution in [0.3, 0.4) is 0 Å². The molecule has 0 aliphatic rings. The number of nitrogens with one attached hydrogen (secondary N) is 1. The minimum Gasteiger partial charge on any atom is -0.391 e. The summed E-state index contributed by atoms with van der Waals surface area (Å²) in [6, 6.07) is 3.40. The molecule has 0 aliphatic heterocycles. The number of aliphatic hydroxyl groups is 1. The number of carbonyl (C=O) groups excluding carboxylic acids is 1. The summed E-state index contributed by atoms with van der Waals surface area (Å²) in [5, 5.41) is 12.7. The molecule has 1 amide bonds. The first-order valence-corrected chi connectivity index (χ1v) is 6.96. The predicted octanol–water partition coefficient (Wildman–Crippen LogP) is 2.37. The van der Waals surface area contributed by atoms with E-state index in [1.54, 1.807) is 18.3 Å². The van der Waals surface area contributed by atoms with Gasteiger partial charge in [-0.1, -0.05) is 26.7 Å². The number of nitrogens with zero attached hydrogens (tertiary/aromatic N) is 1. The summed E-state index contributed by atoms with van der Waals surface area (Å²) in [5.41, 5.74) is 0.481. The Morgan fingerprint density at radius 2 is 2.17 bits per heavy atom. The number of halogens is 1. The molecular formula is C13H19BrN2O2. The summed E-state index contributed by atoms with van der Waals surface area (Å²) < 4.78 is 0.513. The van der Waals surface area contributed by atoms with Crippen LogP contribution in [0.2, 0.25) is 0 Å². The van der Waals surface area contributed by atoms with Crippen LogP contribution in [0, 0.1) is 5.92 Å². The molecule has 0 bridgehead atoms. The fraction of sp³-hybridized carbons (Fsp3) is 0.538. The van der Waals surface area contributed by atoms with Crippen molar-refractivity contribution in [3.8, 4) is 0 Å². The molecule has 2 N–H and O–H groups in total. The smallest absolute Gasteiger partial charge is 0.254 e. The van der Waals surface area contributed by atoms with Crippen molar-refractivity contribution in [2.45, 2.75) is 32.8 Å². The zero-order valence-corrected chi connectivity index (χ0v) is 12.3. The van der Waals surface area contributed by atoms with Gasteiger partial charge in [-0.3, -0.25) is 4.79 Å². The average molecular weight is 315 g/mol. The first kappa shape index (κ1) is 15.1. The van der Waals surface area contributed by atoms with Crippen LogP contribution in [0.5, 0.6) is 0 Å². The first-order valence-electron chi connectivity index (χ1n) is 6.16. The van der Waals surface area contributed by atoms with E-state index in [9.17, 15) is 9.90 Å². The van der Waals surface area contributed by atoms with Gasteiger partial charge in [0.1, 0.15) is 4.60 Å². The molecule has 0 fully saturated rings. The molecular weight excluding hydrogens is 296 g/mol. The number of aliphatic hydroxyl groups excluding tert-OH is 1. The van der Waals surface area contributed by atoms with Crippen LogP contribution in [0.4, 0.5) is 0 Å². The number of pyridine rings is 1. The van der Waals surface area contributed by atoms with Crippen LogP contribution in [-0.2, 0) is 0 Å².